The number of nitro groups is 2. The van der Waals surface area contributed by atoms with E-state index in [1.54, 1.807) is 0 Å². The average Bonchev–Trinajstić information content (AvgIpc) is 2.47. The van der Waals surface area contributed by atoms with E-state index in [0.29, 0.717) is 12.8 Å². The van der Waals surface area contributed by atoms with Gasteiger partial charge in [-0.1, -0.05) is 26.7 Å². The van der Waals surface area contributed by atoms with Gasteiger partial charge >= 0.3 is 0 Å². The van der Waals surface area contributed by atoms with Gasteiger partial charge in [-0.25, -0.2) is 0 Å². The molecule has 1 aromatic carbocycles. The van der Waals surface area contributed by atoms with Crippen molar-refractivity contribution in [2.45, 2.75) is 39.5 Å². The first-order valence-electron chi connectivity index (χ1n) is 7.14. The highest BCUT2D eigenvalue weighted by Gasteiger charge is 2.23. The Bertz CT molecular complexity index is 574. The molecule has 1 aromatic rings. The van der Waals surface area contributed by atoms with Crippen molar-refractivity contribution in [2.75, 3.05) is 5.32 Å². The summed E-state index contributed by atoms with van der Waals surface area (Å²) in [6.07, 6.45) is 3.20. The molecule has 1 amide bonds. The van der Waals surface area contributed by atoms with Crippen LogP contribution >= 0.6 is 0 Å². The fraction of sp³-hybridized carbons (Fsp3) is 0.500. The van der Waals surface area contributed by atoms with Gasteiger partial charge < -0.3 is 5.32 Å². The summed E-state index contributed by atoms with van der Waals surface area (Å²) in [4.78, 5) is 32.4. The van der Waals surface area contributed by atoms with Crippen LogP contribution in [0.5, 0.6) is 0 Å². The third kappa shape index (κ3) is 4.51. The number of hydrogen-bond donors (Lipinski definition) is 1. The number of nitrogens with one attached hydrogen (secondary N) is 1. The van der Waals surface area contributed by atoms with Crippen molar-refractivity contribution in [2.24, 2.45) is 5.92 Å². The van der Waals surface area contributed by atoms with Gasteiger partial charge in [0.15, 0.2) is 0 Å². The van der Waals surface area contributed by atoms with E-state index in [1.807, 2.05) is 13.8 Å². The van der Waals surface area contributed by atoms with Crippen LogP contribution in [0.15, 0.2) is 18.2 Å². The Balaban J connectivity index is 2.98. The molecule has 0 bridgehead atoms. The Morgan fingerprint density at radius 3 is 2.41 bits per heavy atom. The van der Waals surface area contributed by atoms with Gasteiger partial charge in [0.1, 0.15) is 5.69 Å². The summed E-state index contributed by atoms with van der Waals surface area (Å²) in [5.74, 6) is -0.525. The lowest BCUT2D eigenvalue weighted by Gasteiger charge is -2.14. The number of carbonyl (C=O) groups excluding carboxylic acids is 1. The monoisotopic (exact) mass is 309 g/mol. The Kier molecular flexibility index (Phi) is 6.43. The van der Waals surface area contributed by atoms with Gasteiger partial charge in [-0.2, -0.15) is 0 Å². The lowest BCUT2D eigenvalue weighted by molar-refractivity contribution is -0.393. The number of nitrogens with zero attached hydrogens (tertiary/aromatic N) is 2. The average molecular weight is 309 g/mol. The molecule has 1 rings (SSSR count). The smallest absolute Gasteiger partial charge is 0.299 e. The van der Waals surface area contributed by atoms with Gasteiger partial charge in [0.2, 0.25) is 5.91 Å². The second-order valence-corrected chi connectivity index (χ2v) is 4.95. The molecular formula is C14H19N3O5. The SMILES string of the molecule is CCCCC(CC)C(=O)Nc1ccc([N+](=O)[O-])cc1[N+](=O)[O-]. The summed E-state index contributed by atoms with van der Waals surface area (Å²) in [7, 11) is 0. The molecule has 0 saturated heterocycles. The number of amides is 1. The Hall–Kier alpha value is -2.51. The number of non-ortho nitro benzene ring substituents is 1. The number of unbranched alkanes of at least 4 members (excludes halogenated alkanes) is 1. The second kappa shape index (κ2) is 8.06. The van der Waals surface area contributed by atoms with Crippen molar-refractivity contribution in [1.82, 2.24) is 0 Å². The van der Waals surface area contributed by atoms with Gasteiger partial charge in [0.25, 0.3) is 11.4 Å². The van der Waals surface area contributed by atoms with Gasteiger partial charge in [-0.3, -0.25) is 25.0 Å². The minimum absolute atomic E-state index is 0.0180. The van der Waals surface area contributed by atoms with Crippen molar-refractivity contribution in [3.05, 3.63) is 38.4 Å². The van der Waals surface area contributed by atoms with Crippen LogP contribution < -0.4 is 5.32 Å². The maximum atomic E-state index is 12.2. The quantitative estimate of drug-likeness (QED) is 0.581. The highest BCUT2D eigenvalue weighted by Crippen LogP contribution is 2.29. The zero-order valence-corrected chi connectivity index (χ0v) is 12.6. The van der Waals surface area contributed by atoms with Crippen molar-refractivity contribution in [3.63, 3.8) is 0 Å². The first-order valence-corrected chi connectivity index (χ1v) is 7.14. The molecular weight excluding hydrogens is 290 g/mol. The summed E-state index contributed by atoms with van der Waals surface area (Å²) >= 11 is 0. The first kappa shape index (κ1) is 17.5. The molecule has 0 aliphatic carbocycles. The number of benzene rings is 1. The molecule has 0 radical (unpaired) electrons. The molecule has 0 spiro atoms. The molecule has 22 heavy (non-hydrogen) atoms. The van der Waals surface area contributed by atoms with Crippen LogP contribution in [0.3, 0.4) is 0 Å². The molecule has 0 fully saturated rings. The van der Waals surface area contributed by atoms with Crippen LogP contribution in [0.4, 0.5) is 17.1 Å². The molecule has 0 aliphatic rings. The highest BCUT2D eigenvalue weighted by molar-refractivity contribution is 5.94. The van der Waals surface area contributed by atoms with Crippen molar-refractivity contribution in [3.8, 4) is 0 Å². The van der Waals surface area contributed by atoms with Crippen molar-refractivity contribution < 1.29 is 14.6 Å². The summed E-state index contributed by atoms with van der Waals surface area (Å²) in [6, 6.07) is 3.18. The minimum atomic E-state index is -0.740. The fourth-order valence-electron chi connectivity index (χ4n) is 2.10. The van der Waals surface area contributed by atoms with Crippen LogP contribution in [0.25, 0.3) is 0 Å². The molecule has 120 valence electrons. The van der Waals surface area contributed by atoms with Gasteiger partial charge in [0, 0.05) is 12.0 Å². The number of rotatable bonds is 8. The maximum absolute atomic E-state index is 12.2. The standard InChI is InChI=1S/C14H19N3O5/c1-3-5-6-10(4-2)14(18)15-12-8-7-11(16(19)20)9-13(12)17(21)22/h7-10H,3-6H2,1-2H3,(H,15,18). The largest absolute Gasteiger partial charge is 0.320 e. The zero-order chi connectivity index (χ0) is 16.7. The normalized spacial score (nSPS) is 11.7. The predicted octanol–water partition coefficient (Wildman–Crippen LogP) is 3.66. The van der Waals surface area contributed by atoms with Crippen LogP contribution in [0.2, 0.25) is 0 Å². The number of hydrogen-bond acceptors (Lipinski definition) is 5. The van der Waals surface area contributed by atoms with Gasteiger partial charge in [-0.05, 0) is 18.9 Å². The third-order valence-corrected chi connectivity index (χ3v) is 3.42. The molecule has 8 heteroatoms. The summed E-state index contributed by atoms with van der Waals surface area (Å²) in [6.45, 7) is 3.90. The lowest BCUT2D eigenvalue weighted by atomic mass is 9.98. The summed E-state index contributed by atoms with van der Waals surface area (Å²) in [5, 5.41) is 24.2. The molecule has 0 saturated carbocycles. The minimum Gasteiger partial charge on any atom is -0.320 e. The Morgan fingerprint density at radius 1 is 1.23 bits per heavy atom. The van der Waals surface area contributed by atoms with E-state index in [9.17, 15) is 25.0 Å². The van der Waals surface area contributed by atoms with Crippen LogP contribution in [-0.4, -0.2) is 15.8 Å². The van der Waals surface area contributed by atoms with E-state index in [2.05, 4.69) is 5.32 Å². The predicted molar refractivity (Wildman–Crippen MR) is 81.7 cm³/mol. The van der Waals surface area contributed by atoms with E-state index < -0.39 is 15.5 Å². The van der Waals surface area contributed by atoms with Crippen molar-refractivity contribution >= 4 is 23.0 Å². The molecule has 0 aliphatic heterocycles. The molecule has 1 atom stereocenters. The van der Waals surface area contributed by atoms with Crippen LogP contribution in [-0.2, 0) is 4.79 Å². The lowest BCUT2D eigenvalue weighted by Crippen LogP contribution is -2.22. The highest BCUT2D eigenvalue weighted by atomic mass is 16.6. The fourth-order valence-corrected chi connectivity index (χ4v) is 2.10. The van der Waals surface area contributed by atoms with E-state index in [1.165, 1.54) is 6.07 Å². The van der Waals surface area contributed by atoms with E-state index >= 15 is 0 Å². The molecule has 0 heterocycles. The molecule has 1 unspecified atom stereocenters. The van der Waals surface area contributed by atoms with Crippen molar-refractivity contribution in [1.29, 1.82) is 0 Å². The van der Waals surface area contributed by atoms with Gasteiger partial charge in [0.05, 0.1) is 15.9 Å². The van der Waals surface area contributed by atoms with E-state index in [-0.39, 0.29) is 23.2 Å². The van der Waals surface area contributed by atoms with Crippen LogP contribution in [0, 0.1) is 26.1 Å². The number of carbonyl (C=O) groups is 1. The topological polar surface area (TPSA) is 115 Å². The van der Waals surface area contributed by atoms with E-state index in [0.717, 1.165) is 25.0 Å². The number of nitro benzene ring substituents is 2. The molecule has 0 aromatic heterocycles. The zero-order valence-electron chi connectivity index (χ0n) is 12.6. The molecule has 1 N–H and O–H groups in total. The van der Waals surface area contributed by atoms with E-state index in [4.69, 9.17) is 0 Å². The van der Waals surface area contributed by atoms with Crippen LogP contribution in [0.1, 0.15) is 39.5 Å². The summed E-state index contributed by atoms with van der Waals surface area (Å²) in [5.41, 5.74) is -0.883. The second-order valence-electron chi connectivity index (χ2n) is 4.95. The maximum Gasteiger partial charge on any atom is 0.299 e. The van der Waals surface area contributed by atoms with Gasteiger partial charge in [-0.15, -0.1) is 0 Å². The molecule has 8 nitrogen and oxygen atoms in total. The third-order valence-electron chi connectivity index (χ3n) is 3.42. The first-order chi connectivity index (χ1) is 10.4. The summed E-state index contributed by atoms with van der Waals surface area (Å²) < 4.78 is 0. The Labute approximate surface area is 127 Å². The number of anilines is 1. The Morgan fingerprint density at radius 2 is 1.91 bits per heavy atom.